The molecule has 3 rings (SSSR count). The van der Waals surface area contributed by atoms with E-state index < -0.39 is 0 Å². The number of thioether (sulfide) groups is 1. The quantitative estimate of drug-likeness (QED) is 0.686. The maximum Gasteiger partial charge on any atom is 0.256 e. The fourth-order valence-electron chi connectivity index (χ4n) is 2.18. The molecule has 1 N–H and O–H groups in total. The van der Waals surface area contributed by atoms with Crippen molar-refractivity contribution in [1.82, 2.24) is 19.9 Å². The molecule has 110 valence electrons. The minimum atomic E-state index is -0.0706. The maximum atomic E-state index is 12.0. The van der Waals surface area contributed by atoms with E-state index in [1.165, 1.54) is 11.8 Å². The number of aromatic nitrogens is 3. The first kappa shape index (κ1) is 14.8. The number of aromatic amines is 1. The summed E-state index contributed by atoms with van der Waals surface area (Å²) in [7, 11) is 1.96. The second-order valence-electron chi connectivity index (χ2n) is 4.84. The van der Waals surface area contributed by atoms with E-state index in [0.29, 0.717) is 34.0 Å². The zero-order chi connectivity index (χ0) is 15.0. The molecule has 2 aromatic heterocycles. The van der Waals surface area contributed by atoms with Crippen molar-refractivity contribution in [3.63, 3.8) is 0 Å². The number of nitrogens with one attached hydrogen (secondary N) is 1. The van der Waals surface area contributed by atoms with E-state index in [2.05, 4.69) is 19.9 Å². The summed E-state index contributed by atoms with van der Waals surface area (Å²) >= 11 is 13.6. The topological polar surface area (TPSA) is 61.9 Å². The van der Waals surface area contributed by atoms with E-state index >= 15 is 0 Å². The third-order valence-corrected chi connectivity index (χ3v) is 4.78. The number of pyridine rings is 1. The van der Waals surface area contributed by atoms with Gasteiger partial charge in [-0.15, -0.1) is 0 Å². The van der Waals surface area contributed by atoms with Crippen molar-refractivity contribution >= 4 is 35.0 Å². The smallest absolute Gasteiger partial charge is 0.256 e. The van der Waals surface area contributed by atoms with Crippen molar-refractivity contribution in [3.8, 4) is 0 Å². The fraction of sp³-hybridized carbons (Fsp3) is 0.308. The van der Waals surface area contributed by atoms with Crippen LogP contribution in [0.4, 0.5) is 0 Å². The summed E-state index contributed by atoms with van der Waals surface area (Å²) in [5.41, 5.74) is 2.31. The molecule has 21 heavy (non-hydrogen) atoms. The van der Waals surface area contributed by atoms with Crippen molar-refractivity contribution in [2.45, 2.75) is 24.0 Å². The Morgan fingerprint density at radius 1 is 1.33 bits per heavy atom. The molecule has 8 heteroatoms. The highest BCUT2D eigenvalue weighted by Crippen LogP contribution is 2.29. The molecule has 0 unspecified atom stereocenters. The van der Waals surface area contributed by atoms with Crippen LogP contribution in [-0.2, 0) is 18.8 Å². The summed E-state index contributed by atoms with van der Waals surface area (Å²) in [6, 6.07) is 0. The lowest BCUT2D eigenvalue weighted by atomic mass is 10.3. The third-order valence-electron chi connectivity index (χ3n) is 3.23. The minimum Gasteiger partial charge on any atom is -0.301 e. The van der Waals surface area contributed by atoms with Gasteiger partial charge in [-0.2, -0.15) is 0 Å². The Labute approximate surface area is 135 Å². The second-order valence-corrected chi connectivity index (χ2v) is 6.62. The SMILES string of the molecule is CN1Cc2nc(SCc3c(Cl)cncc3Cl)[nH]c(=O)c2C1. The van der Waals surface area contributed by atoms with Crippen LogP contribution in [-0.4, -0.2) is 26.9 Å². The minimum absolute atomic E-state index is 0.0706. The number of H-pyrrole nitrogens is 1. The largest absolute Gasteiger partial charge is 0.301 e. The third kappa shape index (κ3) is 3.08. The van der Waals surface area contributed by atoms with Gasteiger partial charge in [0.15, 0.2) is 5.16 Å². The van der Waals surface area contributed by atoms with Gasteiger partial charge in [0, 0.05) is 36.8 Å². The van der Waals surface area contributed by atoms with Gasteiger partial charge in [0.05, 0.1) is 21.3 Å². The Kier molecular flexibility index (Phi) is 4.21. The van der Waals surface area contributed by atoms with Crippen LogP contribution < -0.4 is 5.56 Å². The van der Waals surface area contributed by atoms with Crippen LogP contribution in [0.3, 0.4) is 0 Å². The standard InChI is InChI=1S/C13H12Cl2N4OS/c1-19-4-7-11(5-19)17-13(18-12(7)20)21-6-8-9(14)2-16-3-10(8)15/h2-3H,4-6H2,1H3,(H,17,18,20). The Balaban J connectivity index is 1.82. The van der Waals surface area contributed by atoms with Crippen LogP contribution in [0, 0.1) is 0 Å². The monoisotopic (exact) mass is 342 g/mol. The van der Waals surface area contributed by atoms with Gasteiger partial charge in [-0.3, -0.25) is 14.7 Å². The Morgan fingerprint density at radius 2 is 2.05 bits per heavy atom. The molecule has 0 bridgehead atoms. The summed E-state index contributed by atoms with van der Waals surface area (Å²) in [5.74, 6) is 0.526. The lowest BCUT2D eigenvalue weighted by Crippen LogP contribution is -2.16. The highest BCUT2D eigenvalue weighted by Gasteiger charge is 2.21. The van der Waals surface area contributed by atoms with Gasteiger partial charge in [0.2, 0.25) is 0 Å². The molecule has 0 saturated carbocycles. The average Bonchev–Trinajstić information content (AvgIpc) is 2.79. The van der Waals surface area contributed by atoms with Gasteiger partial charge >= 0.3 is 0 Å². The lowest BCUT2D eigenvalue weighted by molar-refractivity contribution is 0.350. The zero-order valence-electron chi connectivity index (χ0n) is 11.2. The van der Waals surface area contributed by atoms with Crippen molar-refractivity contribution in [1.29, 1.82) is 0 Å². The Bertz CT molecular complexity index is 729. The molecule has 0 atom stereocenters. The molecule has 0 amide bonds. The molecule has 0 spiro atoms. The van der Waals surface area contributed by atoms with Gasteiger partial charge in [0.1, 0.15) is 0 Å². The molecule has 5 nitrogen and oxygen atoms in total. The summed E-state index contributed by atoms with van der Waals surface area (Å²) in [5, 5.41) is 1.61. The van der Waals surface area contributed by atoms with Crippen LogP contribution in [0.5, 0.6) is 0 Å². The van der Waals surface area contributed by atoms with Gasteiger partial charge in [-0.25, -0.2) is 4.98 Å². The highest BCUT2D eigenvalue weighted by atomic mass is 35.5. The molecular formula is C13H12Cl2N4OS. The molecule has 0 fully saturated rings. The number of hydrogen-bond donors (Lipinski definition) is 1. The van der Waals surface area contributed by atoms with Crippen molar-refractivity contribution in [2.75, 3.05) is 7.05 Å². The molecule has 0 saturated heterocycles. The Hall–Kier alpha value is -1.08. The number of fused-ring (bicyclic) bond motifs is 1. The number of hydrogen-bond acceptors (Lipinski definition) is 5. The summed E-state index contributed by atoms with van der Waals surface area (Å²) in [4.78, 5) is 25.3. The molecule has 0 aliphatic carbocycles. The number of nitrogens with zero attached hydrogens (tertiary/aromatic N) is 3. The predicted molar refractivity (Wildman–Crippen MR) is 83.8 cm³/mol. The second kappa shape index (κ2) is 5.96. The molecule has 3 heterocycles. The van der Waals surface area contributed by atoms with Gasteiger partial charge in [0.25, 0.3) is 5.56 Å². The van der Waals surface area contributed by atoms with E-state index in [0.717, 1.165) is 16.8 Å². The van der Waals surface area contributed by atoms with Gasteiger partial charge < -0.3 is 4.98 Å². The van der Waals surface area contributed by atoms with Crippen molar-refractivity contribution in [2.24, 2.45) is 0 Å². The van der Waals surface area contributed by atoms with E-state index in [1.54, 1.807) is 12.4 Å². The first-order valence-corrected chi connectivity index (χ1v) is 8.00. The lowest BCUT2D eigenvalue weighted by Gasteiger charge is -2.06. The van der Waals surface area contributed by atoms with Crippen LogP contribution in [0.1, 0.15) is 16.8 Å². The molecule has 1 aliphatic rings. The van der Waals surface area contributed by atoms with Gasteiger partial charge in [-0.1, -0.05) is 35.0 Å². The first-order valence-electron chi connectivity index (χ1n) is 6.26. The molecule has 2 aromatic rings. The van der Waals surface area contributed by atoms with E-state index in [1.807, 2.05) is 7.05 Å². The number of halogens is 2. The van der Waals surface area contributed by atoms with Crippen molar-refractivity contribution in [3.05, 3.63) is 49.6 Å². The summed E-state index contributed by atoms with van der Waals surface area (Å²) in [6.45, 7) is 1.34. The first-order chi connectivity index (χ1) is 10.0. The number of rotatable bonds is 3. The van der Waals surface area contributed by atoms with E-state index in [4.69, 9.17) is 23.2 Å². The highest BCUT2D eigenvalue weighted by molar-refractivity contribution is 7.98. The van der Waals surface area contributed by atoms with E-state index in [9.17, 15) is 4.79 Å². The van der Waals surface area contributed by atoms with Gasteiger partial charge in [-0.05, 0) is 7.05 Å². The normalized spacial score (nSPS) is 14.4. The average molecular weight is 343 g/mol. The van der Waals surface area contributed by atoms with Crippen LogP contribution in [0.2, 0.25) is 10.0 Å². The molecule has 0 aromatic carbocycles. The Morgan fingerprint density at radius 3 is 2.76 bits per heavy atom. The molecule has 1 aliphatic heterocycles. The fourth-order valence-corrected chi connectivity index (χ4v) is 3.77. The molecule has 0 radical (unpaired) electrons. The molecular weight excluding hydrogens is 331 g/mol. The summed E-state index contributed by atoms with van der Waals surface area (Å²) in [6.07, 6.45) is 3.11. The van der Waals surface area contributed by atoms with Crippen LogP contribution >= 0.6 is 35.0 Å². The van der Waals surface area contributed by atoms with Crippen LogP contribution in [0.25, 0.3) is 0 Å². The zero-order valence-corrected chi connectivity index (χ0v) is 13.5. The maximum absolute atomic E-state index is 12.0. The van der Waals surface area contributed by atoms with E-state index in [-0.39, 0.29) is 5.56 Å². The van der Waals surface area contributed by atoms with Crippen molar-refractivity contribution < 1.29 is 0 Å². The summed E-state index contributed by atoms with van der Waals surface area (Å²) < 4.78 is 0. The predicted octanol–water partition coefficient (Wildman–Crippen LogP) is 2.71. The van der Waals surface area contributed by atoms with Crippen LogP contribution in [0.15, 0.2) is 22.3 Å².